The van der Waals surface area contributed by atoms with Crippen molar-refractivity contribution in [3.8, 4) is 11.3 Å². The third-order valence-corrected chi connectivity index (χ3v) is 7.77. The van der Waals surface area contributed by atoms with E-state index in [1.165, 1.54) is 13.1 Å². The second kappa shape index (κ2) is 8.02. The van der Waals surface area contributed by atoms with Crippen LogP contribution in [0.15, 0.2) is 70.4 Å². The predicted octanol–water partition coefficient (Wildman–Crippen LogP) is 3.63. The number of thiophene rings is 1. The van der Waals surface area contributed by atoms with E-state index in [9.17, 15) is 13.2 Å². The molecule has 30 heavy (non-hydrogen) atoms. The molecule has 3 aromatic heterocycles. The highest BCUT2D eigenvalue weighted by molar-refractivity contribution is 7.91. The number of rotatable bonds is 6. The minimum atomic E-state index is -3.71. The van der Waals surface area contributed by atoms with Crippen molar-refractivity contribution >= 4 is 38.7 Å². The smallest absolute Gasteiger partial charge is 0.252 e. The molecule has 0 unspecified atom stereocenters. The number of aromatic nitrogens is 2. The zero-order chi connectivity index (χ0) is 21.3. The molecule has 0 saturated carbocycles. The molecule has 4 aromatic rings. The van der Waals surface area contributed by atoms with Crippen LogP contribution in [-0.2, 0) is 14.8 Å². The molecule has 0 saturated heterocycles. The molecule has 0 aliphatic heterocycles. The van der Waals surface area contributed by atoms with E-state index in [0.717, 1.165) is 26.8 Å². The number of anilines is 1. The lowest BCUT2D eigenvalue weighted by Crippen LogP contribution is -2.34. The summed E-state index contributed by atoms with van der Waals surface area (Å²) in [5.41, 5.74) is 3.17. The third-order valence-electron chi connectivity index (χ3n) is 4.60. The summed E-state index contributed by atoms with van der Waals surface area (Å²) in [5.74, 6) is 0.0601. The Hall–Kier alpha value is -3.01. The number of pyridine rings is 1. The molecule has 0 radical (unpaired) electrons. The maximum absolute atomic E-state index is 12.8. The number of benzene rings is 1. The number of likely N-dealkylation sites (N-methyl/N-ethyl adjacent to an activating group) is 1. The van der Waals surface area contributed by atoms with Crippen LogP contribution in [0.1, 0.15) is 5.56 Å². The molecule has 0 spiro atoms. The van der Waals surface area contributed by atoms with E-state index in [1.54, 1.807) is 11.4 Å². The van der Waals surface area contributed by atoms with Gasteiger partial charge in [0.05, 0.1) is 6.54 Å². The number of carbonyl (C=O) groups is 1. The fraction of sp³-hybridized carbons (Fsp3) is 0.143. The quantitative estimate of drug-likeness (QED) is 0.496. The number of nitrogens with zero attached hydrogens (tertiary/aromatic N) is 3. The molecular formula is C21H20N4O3S2. The van der Waals surface area contributed by atoms with Gasteiger partial charge >= 0.3 is 0 Å². The summed E-state index contributed by atoms with van der Waals surface area (Å²) < 4.78 is 28.3. The number of hydrogen-bond acceptors (Lipinski definition) is 5. The highest BCUT2D eigenvalue weighted by Crippen LogP contribution is 2.29. The summed E-state index contributed by atoms with van der Waals surface area (Å²) in [6.45, 7) is 1.64. The molecule has 1 aromatic carbocycles. The highest BCUT2D eigenvalue weighted by Gasteiger charge is 2.25. The SMILES string of the molecule is Cc1ccc2nc(-c3ccccc3)c(NC(=O)CN(C)S(=O)(=O)c3cccs3)n2c1. The van der Waals surface area contributed by atoms with Gasteiger partial charge in [-0.2, -0.15) is 4.31 Å². The van der Waals surface area contributed by atoms with E-state index in [0.29, 0.717) is 17.2 Å². The van der Waals surface area contributed by atoms with Crippen LogP contribution in [0, 0.1) is 6.92 Å². The topological polar surface area (TPSA) is 83.8 Å². The Labute approximate surface area is 178 Å². The van der Waals surface area contributed by atoms with Crippen molar-refractivity contribution in [3.63, 3.8) is 0 Å². The Morgan fingerprint density at radius 2 is 1.90 bits per heavy atom. The Morgan fingerprint density at radius 3 is 2.60 bits per heavy atom. The molecule has 7 nitrogen and oxygen atoms in total. The fourth-order valence-corrected chi connectivity index (χ4v) is 5.42. The van der Waals surface area contributed by atoms with E-state index >= 15 is 0 Å². The average Bonchev–Trinajstić information content (AvgIpc) is 3.38. The Bertz CT molecular complexity index is 1300. The lowest BCUT2D eigenvalue weighted by molar-refractivity contribution is -0.116. The Morgan fingerprint density at radius 1 is 1.13 bits per heavy atom. The van der Waals surface area contributed by atoms with Crippen LogP contribution in [0.25, 0.3) is 16.9 Å². The summed E-state index contributed by atoms with van der Waals surface area (Å²) in [6, 6.07) is 16.6. The molecule has 0 aliphatic rings. The molecular weight excluding hydrogens is 420 g/mol. The van der Waals surface area contributed by atoms with Crippen molar-refractivity contribution in [2.24, 2.45) is 0 Å². The monoisotopic (exact) mass is 440 g/mol. The molecule has 1 amide bonds. The number of hydrogen-bond donors (Lipinski definition) is 1. The van der Waals surface area contributed by atoms with Crippen LogP contribution < -0.4 is 5.32 Å². The first-order chi connectivity index (χ1) is 14.4. The minimum Gasteiger partial charge on any atom is -0.309 e. The van der Waals surface area contributed by atoms with Crippen LogP contribution in [0.2, 0.25) is 0 Å². The van der Waals surface area contributed by atoms with Crippen molar-refractivity contribution < 1.29 is 13.2 Å². The third kappa shape index (κ3) is 3.87. The van der Waals surface area contributed by atoms with Gasteiger partial charge in [-0.3, -0.25) is 9.20 Å². The first-order valence-corrected chi connectivity index (χ1v) is 11.5. The summed E-state index contributed by atoms with van der Waals surface area (Å²) in [7, 11) is -2.32. The van der Waals surface area contributed by atoms with E-state index in [1.807, 2.05) is 60.0 Å². The highest BCUT2D eigenvalue weighted by atomic mass is 32.2. The average molecular weight is 441 g/mol. The first kappa shape index (κ1) is 20.3. The van der Waals surface area contributed by atoms with Gasteiger partial charge in [-0.05, 0) is 30.0 Å². The number of nitrogens with one attached hydrogen (secondary N) is 1. The zero-order valence-electron chi connectivity index (χ0n) is 16.4. The van der Waals surface area contributed by atoms with Gasteiger partial charge in [-0.15, -0.1) is 11.3 Å². The fourth-order valence-electron chi connectivity index (χ4n) is 3.09. The van der Waals surface area contributed by atoms with Crippen LogP contribution in [-0.4, -0.2) is 41.6 Å². The maximum atomic E-state index is 12.8. The number of sulfonamides is 1. The second-order valence-electron chi connectivity index (χ2n) is 6.85. The molecule has 1 N–H and O–H groups in total. The largest absolute Gasteiger partial charge is 0.309 e. The molecule has 3 heterocycles. The Kier molecular flexibility index (Phi) is 5.42. The van der Waals surface area contributed by atoms with Crippen LogP contribution in [0.4, 0.5) is 5.82 Å². The van der Waals surface area contributed by atoms with Crippen LogP contribution in [0.3, 0.4) is 0 Å². The van der Waals surface area contributed by atoms with Gasteiger partial charge in [-0.25, -0.2) is 13.4 Å². The van der Waals surface area contributed by atoms with Gasteiger partial charge < -0.3 is 5.32 Å². The van der Waals surface area contributed by atoms with Crippen LogP contribution >= 0.6 is 11.3 Å². The van der Waals surface area contributed by atoms with Crippen molar-refractivity contribution in [3.05, 3.63) is 71.7 Å². The molecule has 0 aliphatic carbocycles. The van der Waals surface area contributed by atoms with Crippen molar-refractivity contribution in [2.75, 3.05) is 18.9 Å². The van der Waals surface area contributed by atoms with Gasteiger partial charge in [-0.1, -0.05) is 42.5 Å². The normalized spacial score (nSPS) is 11.8. The summed E-state index contributed by atoms with van der Waals surface area (Å²) in [5, 5.41) is 4.55. The number of fused-ring (bicyclic) bond motifs is 1. The maximum Gasteiger partial charge on any atom is 0.252 e. The molecule has 0 bridgehead atoms. The van der Waals surface area contributed by atoms with Gasteiger partial charge in [0.15, 0.2) is 0 Å². The molecule has 4 rings (SSSR count). The van der Waals surface area contributed by atoms with E-state index in [4.69, 9.17) is 0 Å². The minimum absolute atomic E-state index is 0.202. The Balaban J connectivity index is 1.66. The zero-order valence-corrected chi connectivity index (χ0v) is 18.1. The molecule has 154 valence electrons. The van der Waals surface area contributed by atoms with Crippen molar-refractivity contribution in [2.45, 2.75) is 11.1 Å². The lowest BCUT2D eigenvalue weighted by atomic mass is 10.1. The van der Waals surface area contributed by atoms with Gasteiger partial charge in [0.1, 0.15) is 21.4 Å². The molecule has 0 fully saturated rings. The predicted molar refractivity (Wildman–Crippen MR) is 118 cm³/mol. The summed E-state index contributed by atoms with van der Waals surface area (Å²) in [4.78, 5) is 17.5. The van der Waals surface area contributed by atoms with Crippen molar-refractivity contribution in [1.29, 1.82) is 0 Å². The van der Waals surface area contributed by atoms with Gasteiger partial charge in [0.25, 0.3) is 10.0 Å². The van der Waals surface area contributed by atoms with E-state index in [2.05, 4.69) is 10.3 Å². The molecule has 0 atom stereocenters. The van der Waals surface area contributed by atoms with Gasteiger partial charge in [0, 0.05) is 18.8 Å². The number of imidazole rings is 1. The molecule has 9 heteroatoms. The lowest BCUT2D eigenvalue weighted by Gasteiger charge is -2.16. The van der Waals surface area contributed by atoms with Gasteiger partial charge in [0.2, 0.25) is 5.91 Å². The van der Waals surface area contributed by atoms with E-state index in [-0.39, 0.29) is 10.8 Å². The summed E-state index contributed by atoms with van der Waals surface area (Å²) >= 11 is 1.12. The van der Waals surface area contributed by atoms with E-state index < -0.39 is 15.9 Å². The van der Waals surface area contributed by atoms with Crippen LogP contribution in [0.5, 0.6) is 0 Å². The number of aryl methyl sites for hydroxylation is 1. The number of carbonyl (C=O) groups excluding carboxylic acids is 1. The second-order valence-corrected chi connectivity index (χ2v) is 10.1. The summed E-state index contributed by atoms with van der Waals surface area (Å²) in [6.07, 6.45) is 1.89. The van der Waals surface area contributed by atoms with Crippen molar-refractivity contribution in [1.82, 2.24) is 13.7 Å². The number of amides is 1. The standard InChI is InChI=1S/C21H20N4O3S2/c1-15-10-11-17-22-20(16-7-4-3-5-8-16)21(25(17)13-15)23-18(26)14-24(2)30(27,28)19-9-6-12-29-19/h3-13H,14H2,1-2H3,(H,23,26). The first-order valence-electron chi connectivity index (χ1n) is 9.20.